The van der Waals surface area contributed by atoms with Gasteiger partial charge in [0.2, 0.25) is 0 Å². The van der Waals surface area contributed by atoms with Crippen LogP contribution in [-0.4, -0.2) is 53.0 Å². The Morgan fingerprint density at radius 2 is 1.88 bits per heavy atom. The van der Waals surface area contributed by atoms with Crippen LogP contribution in [0.1, 0.15) is 38.1 Å². The standard InChI is InChI=1S/C18H25NO5/c1-12-10-19(17(22)24-18(2,3)4)14(11-20)15(12)23-16(21)13-8-6-5-7-9-13/h5-9,12,14-15,20H,10-11H2,1-4H3/t12-,14+,15-/m1/s1. The highest BCUT2D eigenvalue weighted by atomic mass is 16.6. The topological polar surface area (TPSA) is 76.1 Å². The minimum Gasteiger partial charge on any atom is -0.456 e. The van der Waals surface area contributed by atoms with Gasteiger partial charge in [-0.2, -0.15) is 0 Å². The lowest BCUT2D eigenvalue weighted by atomic mass is 10.0. The summed E-state index contributed by atoms with van der Waals surface area (Å²) < 4.78 is 11.0. The number of nitrogens with zero attached hydrogens (tertiary/aromatic N) is 1. The maximum absolute atomic E-state index is 12.3. The average molecular weight is 335 g/mol. The Labute approximate surface area is 142 Å². The summed E-state index contributed by atoms with van der Waals surface area (Å²) in [5.41, 5.74) is -0.184. The Kier molecular flexibility index (Phi) is 5.49. The van der Waals surface area contributed by atoms with Crippen LogP contribution < -0.4 is 0 Å². The highest BCUT2D eigenvalue weighted by Gasteiger charge is 2.45. The van der Waals surface area contributed by atoms with Gasteiger partial charge >= 0.3 is 12.1 Å². The Bertz CT molecular complexity index is 581. The monoisotopic (exact) mass is 335 g/mol. The Hall–Kier alpha value is -2.08. The van der Waals surface area contributed by atoms with Crippen LogP contribution >= 0.6 is 0 Å². The molecular weight excluding hydrogens is 310 g/mol. The van der Waals surface area contributed by atoms with E-state index < -0.39 is 29.8 Å². The lowest BCUT2D eigenvalue weighted by Crippen LogP contribution is -2.45. The summed E-state index contributed by atoms with van der Waals surface area (Å²) in [7, 11) is 0. The van der Waals surface area contributed by atoms with Crippen molar-refractivity contribution in [2.45, 2.75) is 45.4 Å². The zero-order chi connectivity index (χ0) is 17.9. The van der Waals surface area contributed by atoms with E-state index in [4.69, 9.17) is 9.47 Å². The number of esters is 1. The third kappa shape index (κ3) is 4.26. The van der Waals surface area contributed by atoms with E-state index in [0.717, 1.165) is 0 Å². The van der Waals surface area contributed by atoms with Crippen molar-refractivity contribution in [3.63, 3.8) is 0 Å². The maximum Gasteiger partial charge on any atom is 0.410 e. The number of likely N-dealkylation sites (tertiary alicyclic amines) is 1. The molecule has 3 atom stereocenters. The summed E-state index contributed by atoms with van der Waals surface area (Å²) in [5.74, 6) is -0.556. The molecule has 0 saturated carbocycles. The molecular formula is C18H25NO5. The molecule has 1 aliphatic rings. The number of benzene rings is 1. The molecule has 1 aromatic rings. The highest BCUT2D eigenvalue weighted by Crippen LogP contribution is 2.28. The number of ether oxygens (including phenoxy) is 2. The van der Waals surface area contributed by atoms with Crippen molar-refractivity contribution in [3.8, 4) is 0 Å². The van der Waals surface area contributed by atoms with Crippen molar-refractivity contribution in [2.24, 2.45) is 5.92 Å². The molecule has 0 bridgehead atoms. The van der Waals surface area contributed by atoms with E-state index in [2.05, 4.69) is 0 Å². The van der Waals surface area contributed by atoms with Crippen LogP contribution in [0.5, 0.6) is 0 Å². The van der Waals surface area contributed by atoms with Gasteiger partial charge in [0.15, 0.2) is 0 Å². The van der Waals surface area contributed by atoms with E-state index in [-0.39, 0.29) is 12.5 Å². The summed E-state index contributed by atoms with van der Waals surface area (Å²) >= 11 is 0. The first-order valence-electron chi connectivity index (χ1n) is 8.09. The molecule has 0 radical (unpaired) electrons. The number of carbonyl (C=O) groups is 2. The molecule has 1 fully saturated rings. The predicted molar refractivity (Wildman–Crippen MR) is 88.6 cm³/mol. The molecule has 1 heterocycles. The lowest BCUT2D eigenvalue weighted by Gasteiger charge is -2.29. The lowest BCUT2D eigenvalue weighted by molar-refractivity contribution is -0.00928. The van der Waals surface area contributed by atoms with Gasteiger partial charge in [-0.25, -0.2) is 9.59 Å². The molecule has 1 amide bonds. The first-order chi connectivity index (χ1) is 11.2. The first kappa shape index (κ1) is 18.3. The fraction of sp³-hybridized carbons (Fsp3) is 0.556. The van der Waals surface area contributed by atoms with Crippen molar-refractivity contribution in [3.05, 3.63) is 35.9 Å². The van der Waals surface area contributed by atoms with Crippen LogP contribution in [0.3, 0.4) is 0 Å². The molecule has 132 valence electrons. The molecule has 1 N–H and O–H groups in total. The smallest absolute Gasteiger partial charge is 0.410 e. The minimum atomic E-state index is -0.626. The van der Waals surface area contributed by atoms with Crippen LogP contribution in [-0.2, 0) is 9.47 Å². The summed E-state index contributed by atoms with van der Waals surface area (Å²) in [4.78, 5) is 26.0. The number of hydrogen-bond acceptors (Lipinski definition) is 5. The number of carbonyl (C=O) groups excluding carboxylic acids is 2. The fourth-order valence-corrected chi connectivity index (χ4v) is 2.80. The summed E-state index contributed by atoms with van der Waals surface area (Å²) in [6.07, 6.45) is -1.08. The zero-order valence-corrected chi connectivity index (χ0v) is 14.6. The molecule has 0 aromatic heterocycles. The second-order valence-electron chi connectivity index (χ2n) is 7.10. The molecule has 1 aliphatic heterocycles. The zero-order valence-electron chi connectivity index (χ0n) is 14.6. The third-order valence-corrected chi connectivity index (χ3v) is 3.89. The number of amides is 1. The Balaban J connectivity index is 2.10. The van der Waals surface area contributed by atoms with Gasteiger partial charge in [-0.15, -0.1) is 0 Å². The van der Waals surface area contributed by atoms with Gasteiger partial charge in [0.05, 0.1) is 18.2 Å². The van der Waals surface area contributed by atoms with Gasteiger partial charge in [0, 0.05) is 12.5 Å². The molecule has 6 heteroatoms. The molecule has 6 nitrogen and oxygen atoms in total. The van der Waals surface area contributed by atoms with E-state index in [1.807, 2.05) is 13.0 Å². The van der Waals surface area contributed by atoms with Crippen molar-refractivity contribution < 1.29 is 24.2 Å². The van der Waals surface area contributed by atoms with Gasteiger partial charge in [-0.1, -0.05) is 25.1 Å². The van der Waals surface area contributed by atoms with E-state index >= 15 is 0 Å². The number of hydrogen-bond donors (Lipinski definition) is 1. The number of aliphatic hydroxyl groups is 1. The quantitative estimate of drug-likeness (QED) is 0.859. The van der Waals surface area contributed by atoms with Crippen LogP contribution in [0, 0.1) is 5.92 Å². The van der Waals surface area contributed by atoms with E-state index in [1.165, 1.54) is 4.90 Å². The van der Waals surface area contributed by atoms with E-state index in [0.29, 0.717) is 12.1 Å². The Morgan fingerprint density at radius 3 is 2.42 bits per heavy atom. The Morgan fingerprint density at radius 1 is 1.25 bits per heavy atom. The molecule has 1 aromatic carbocycles. The van der Waals surface area contributed by atoms with E-state index in [9.17, 15) is 14.7 Å². The molecule has 0 spiro atoms. The SMILES string of the molecule is C[C@@H]1CN(C(=O)OC(C)(C)C)[C@@H](CO)[C@@H]1OC(=O)c1ccccc1. The van der Waals surface area contributed by atoms with Gasteiger partial charge in [-0.05, 0) is 32.9 Å². The molecule has 1 saturated heterocycles. The van der Waals surface area contributed by atoms with Crippen molar-refractivity contribution >= 4 is 12.1 Å². The van der Waals surface area contributed by atoms with Crippen LogP contribution in [0.2, 0.25) is 0 Å². The second kappa shape index (κ2) is 7.21. The van der Waals surface area contributed by atoms with Crippen LogP contribution in [0.25, 0.3) is 0 Å². The van der Waals surface area contributed by atoms with Crippen molar-refractivity contribution in [2.75, 3.05) is 13.2 Å². The summed E-state index contributed by atoms with van der Waals surface area (Å²) in [5, 5.41) is 9.71. The van der Waals surface area contributed by atoms with Gasteiger partial charge in [0.1, 0.15) is 11.7 Å². The number of rotatable bonds is 3. The predicted octanol–water partition coefficient (Wildman–Crippen LogP) is 2.46. The third-order valence-electron chi connectivity index (χ3n) is 3.89. The van der Waals surface area contributed by atoms with Crippen molar-refractivity contribution in [1.82, 2.24) is 4.90 Å². The molecule has 24 heavy (non-hydrogen) atoms. The molecule has 0 aliphatic carbocycles. The molecule has 2 rings (SSSR count). The van der Waals surface area contributed by atoms with Crippen LogP contribution in [0.15, 0.2) is 30.3 Å². The van der Waals surface area contributed by atoms with Crippen LogP contribution in [0.4, 0.5) is 4.79 Å². The number of aliphatic hydroxyl groups excluding tert-OH is 1. The highest BCUT2D eigenvalue weighted by molar-refractivity contribution is 5.89. The molecule has 0 unspecified atom stereocenters. The van der Waals surface area contributed by atoms with Crippen molar-refractivity contribution in [1.29, 1.82) is 0 Å². The first-order valence-corrected chi connectivity index (χ1v) is 8.09. The maximum atomic E-state index is 12.3. The summed E-state index contributed by atoms with van der Waals surface area (Å²) in [6.45, 7) is 7.31. The van der Waals surface area contributed by atoms with E-state index in [1.54, 1.807) is 45.0 Å². The normalized spacial score (nSPS) is 23.9. The fourth-order valence-electron chi connectivity index (χ4n) is 2.80. The largest absolute Gasteiger partial charge is 0.456 e. The van der Waals surface area contributed by atoms with Gasteiger partial charge in [-0.3, -0.25) is 4.90 Å². The summed E-state index contributed by atoms with van der Waals surface area (Å²) in [6, 6.07) is 8.05. The minimum absolute atomic E-state index is 0.0951. The van der Waals surface area contributed by atoms with Gasteiger partial charge in [0.25, 0.3) is 0 Å². The average Bonchev–Trinajstić information content (AvgIpc) is 2.83. The van der Waals surface area contributed by atoms with Gasteiger partial charge < -0.3 is 14.6 Å². The second-order valence-corrected chi connectivity index (χ2v) is 7.10.